The highest BCUT2D eigenvalue weighted by molar-refractivity contribution is 7.13. The van der Waals surface area contributed by atoms with E-state index in [2.05, 4.69) is 80.6 Å². The maximum absolute atomic E-state index is 9.21. The van der Waals surface area contributed by atoms with Crippen LogP contribution in [-0.2, 0) is 58.1 Å². The van der Waals surface area contributed by atoms with Crippen molar-refractivity contribution in [2.75, 3.05) is 0 Å². The Morgan fingerprint density at radius 3 is 1.29 bits per heavy atom. The summed E-state index contributed by atoms with van der Waals surface area (Å²) in [6, 6.07) is 0. The predicted octanol–water partition coefficient (Wildman–Crippen LogP) is 10.2. The Labute approximate surface area is 269 Å². The van der Waals surface area contributed by atoms with Crippen molar-refractivity contribution in [3.63, 3.8) is 0 Å². The predicted molar refractivity (Wildman–Crippen MR) is 188 cm³/mol. The quantitative estimate of drug-likeness (QED) is 0.303. The molecule has 2 nitrogen and oxygen atoms in total. The zero-order chi connectivity index (χ0) is 31.0. The summed E-state index contributed by atoms with van der Waals surface area (Å²) in [5, 5.41) is 9.21. The molecular weight excluding hydrogens is 571 g/mol. The van der Waals surface area contributed by atoms with Crippen LogP contribution in [-0.4, -0.2) is 5.11 Å². The van der Waals surface area contributed by atoms with Crippen molar-refractivity contribution in [2.24, 2.45) is 22.0 Å². The van der Waals surface area contributed by atoms with Gasteiger partial charge in [0.25, 0.3) is 0 Å². The zero-order valence-electron chi connectivity index (χ0n) is 28.2. The van der Waals surface area contributed by atoms with Gasteiger partial charge in [0.2, 0.25) is 0 Å². The van der Waals surface area contributed by atoms with Crippen LogP contribution in [0.5, 0.6) is 0 Å². The highest BCUT2D eigenvalue weighted by atomic mass is 32.1. The van der Waals surface area contributed by atoms with Crippen LogP contribution in [0.4, 0.5) is 0 Å². The number of aliphatic hydroxyl groups is 1. The van der Waals surface area contributed by atoms with E-state index in [4.69, 9.17) is 5.73 Å². The first-order valence-corrected chi connectivity index (χ1v) is 18.7. The van der Waals surface area contributed by atoms with E-state index in [1.807, 2.05) is 22.7 Å². The summed E-state index contributed by atoms with van der Waals surface area (Å²) in [6.07, 6.45) is 12.7. The smallest absolute Gasteiger partial charge is 0.0777 e. The molecule has 0 saturated heterocycles. The van der Waals surface area contributed by atoms with Crippen molar-refractivity contribution < 1.29 is 5.11 Å². The maximum atomic E-state index is 9.21. The second kappa shape index (κ2) is 13.2. The van der Waals surface area contributed by atoms with E-state index < -0.39 is 0 Å². The molecule has 234 valence electrons. The number of rotatable bonds is 3. The monoisotopic (exact) mass is 627 g/mol. The molecule has 3 aromatic rings. The van der Waals surface area contributed by atoms with Crippen molar-refractivity contribution in [2.45, 2.75) is 147 Å². The van der Waals surface area contributed by atoms with Crippen LogP contribution in [0.3, 0.4) is 0 Å². The van der Waals surface area contributed by atoms with Crippen LogP contribution < -0.4 is 5.73 Å². The summed E-state index contributed by atoms with van der Waals surface area (Å²) >= 11 is 5.81. The first-order chi connectivity index (χ1) is 19.6. The van der Waals surface area contributed by atoms with Crippen LogP contribution >= 0.6 is 34.0 Å². The first kappa shape index (κ1) is 33.9. The number of thiophene rings is 3. The third kappa shape index (κ3) is 7.62. The molecule has 0 atom stereocenters. The molecule has 5 heteroatoms. The van der Waals surface area contributed by atoms with Gasteiger partial charge in [-0.25, -0.2) is 0 Å². The summed E-state index contributed by atoms with van der Waals surface area (Å²) in [5.74, 6) is 0. The Balaban J connectivity index is 0.000000145. The van der Waals surface area contributed by atoms with Crippen molar-refractivity contribution in [3.05, 3.63) is 62.6 Å². The van der Waals surface area contributed by atoms with Crippen LogP contribution in [0.1, 0.15) is 130 Å². The van der Waals surface area contributed by atoms with Crippen molar-refractivity contribution in [3.8, 4) is 0 Å². The number of hydrogen-bond donors (Lipinski definition) is 2. The second-order valence-corrected chi connectivity index (χ2v) is 19.0. The van der Waals surface area contributed by atoms with Crippen LogP contribution in [0, 0.1) is 37.0 Å². The lowest BCUT2D eigenvalue weighted by Crippen LogP contribution is -2.21. The van der Waals surface area contributed by atoms with E-state index >= 15 is 0 Å². The molecular formula is C37H57NOS3. The molecule has 0 unspecified atom stereocenters. The van der Waals surface area contributed by atoms with E-state index in [0.29, 0.717) is 22.8 Å². The Morgan fingerprint density at radius 2 is 0.929 bits per heavy atom. The average Bonchev–Trinajstić information content (AvgIpc) is 3.53. The molecule has 0 spiro atoms. The van der Waals surface area contributed by atoms with Gasteiger partial charge in [-0.05, 0) is 135 Å². The molecule has 0 amide bonds. The van der Waals surface area contributed by atoms with Gasteiger partial charge in [0.15, 0.2) is 0 Å². The Kier molecular flexibility index (Phi) is 10.6. The van der Waals surface area contributed by atoms with E-state index in [-0.39, 0.29) is 6.61 Å². The highest BCUT2D eigenvalue weighted by Crippen LogP contribution is 2.43. The number of fused-ring (bicyclic) bond motifs is 3. The Bertz CT molecular complexity index is 1210. The standard InChI is InChI=1S/C13H20S.C12H19NS.C12H18OS/c1-5-11-9(2)10-8-13(3,4)7-6-12(10)14-11;2*1-8-9-6-12(2,3)5-4-10(9)14-11(8)7-13/h5-8H2,1-4H3;4-7,13H2,1-3H3;13H,4-7H2,1-3H3. The van der Waals surface area contributed by atoms with Crippen molar-refractivity contribution >= 4 is 34.0 Å². The van der Waals surface area contributed by atoms with Crippen LogP contribution in [0.15, 0.2) is 0 Å². The van der Waals surface area contributed by atoms with Gasteiger partial charge in [-0.2, -0.15) is 0 Å². The topological polar surface area (TPSA) is 46.2 Å². The molecule has 42 heavy (non-hydrogen) atoms. The second-order valence-electron chi connectivity index (χ2n) is 15.4. The maximum Gasteiger partial charge on any atom is 0.0777 e. The largest absolute Gasteiger partial charge is 0.391 e. The highest BCUT2D eigenvalue weighted by Gasteiger charge is 2.30. The molecule has 0 fully saturated rings. The van der Waals surface area contributed by atoms with E-state index in [1.54, 1.807) is 31.3 Å². The van der Waals surface area contributed by atoms with Gasteiger partial charge in [-0.1, -0.05) is 48.5 Å². The van der Waals surface area contributed by atoms with Crippen LogP contribution in [0.2, 0.25) is 0 Å². The molecule has 0 aromatic carbocycles. The molecule has 0 aliphatic heterocycles. The number of hydrogen-bond acceptors (Lipinski definition) is 5. The van der Waals surface area contributed by atoms with Gasteiger partial charge in [-0.15, -0.1) is 34.0 Å². The lowest BCUT2D eigenvalue weighted by Gasteiger charge is -2.29. The first-order valence-electron chi connectivity index (χ1n) is 16.2. The summed E-state index contributed by atoms with van der Waals surface area (Å²) < 4.78 is 0. The molecule has 3 N–H and O–H groups in total. The van der Waals surface area contributed by atoms with E-state index in [0.717, 1.165) is 0 Å². The van der Waals surface area contributed by atoms with Gasteiger partial charge in [0, 0.05) is 35.8 Å². The average molecular weight is 628 g/mol. The van der Waals surface area contributed by atoms with Gasteiger partial charge >= 0.3 is 0 Å². The van der Waals surface area contributed by atoms with Gasteiger partial charge in [0.05, 0.1) is 6.61 Å². The minimum atomic E-state index is 0.212. The summed E-state index contributed by atoms with van der Waals surface area (Å²) in [7, 11) is 0. The Morgan fingerprint density at radius 1 is 0.595 bits per heavy atom. The molecule has 3 aliphatic rings. The SMILES string of the molecule is CCc1sc2c(c1C)CC(C)(C)CC2.Cc1c(CN)sc2c1CC(C)(C)CC2.Cc1c(CO)sc2c1CC(C)(C)CC2. The normalized spacial score (nSPS) is 19.4. The molecule has 3 heterocycles. The summed E-state index contributed by atoms with van der Waals surface area (Å²) in [6.45, 7) is 24.1. The zero-order valence-corrected chi connectivity index (χ0v) is 30.7. The lowest BCUT2D eigenvalue weighted by atomic mass is 9.76. The van der Waals surface area contributed by atoms with Gasteiger partial charge < -0.3 is 10.8 Å². The van der Waals surface area contributed by atoms with Crippen LogP contribution in [0.25, 0.3) is 0 Å². The molecule has 3 aromatic heterocycles. The third-order valence-electron chi connectivity index (χ3n) is 10.1. The number of nitrogens with two attached hydrogens (primary N) is 1. The number of aliphatic hydroxyl groups excluding tert-OH is 1. The fourth-order valence-corrected chi connectivity index (χ4v) is 10.7. The van der Waals surface area contributed by atoms with E-state index in [1.165, 1.54) is 95.5 Å². The summed E-state index contributed by atoms with van der Waals surface area (Å²) in [5.41, 5.74) is 16.4. The Hall–Kier alpha value is -0.980. The molecule has 3 aliphatic carbocycles. The minimum Gasteiger partial charge on any atom is -0.391 e. The fraction of sp³-hybridized carbons (Fsp3) is 0.676. The van der Waals surface area contributed by atoms with Crippen molar-refractivity contribution in [1.82, 2.24) is 0 Å². The molecule has 0 radical (unpaired) electrons. The van der Waals surface area contributed by atoms with Gasteiger partial charge in [-0.3, -0.25) is 0 Å². The number of aryl methyl sites for hydroxylation is 4. The van der Waals surface area contributed by atoms with Crippen molar-refractivity contribution in [1.29, 1.82) is 0 Å². The van der Waals surface area contributed by atoms with E-state index in [9.17, 15) is 5.11 Å². The molecule has 6 rings (SSSR count). The lowest BCUT2D eigenvalue weighted by molar-refractivity contribution is 0.284. The summed E-state index contributed by atoms with van der Waals surface area (Å²) in [4.78, 5) is 8.99. The molecule has 0 bridgehead atoms. The minimum absolute atomic E-state index is 0.212. The molecule has 0 saturated carbocycles. The third-order valence-corrected chi connectivity index (χ3v) is 14.4. The van der Waals surface area contributed by atoms with Gasteiger partial charge in [0.1, 0.15) is 0 Å². The fourth-order valence-electron chi connectivity index (χ4n) is 7.03.